The van der Waals surface area contributed by atoms with Gasteiger partial charge in [-0.2, -0.15) is 13.2 Å². The van der Waals surface area contributed by atoms with Crippen molar-refractivity contribution < 1.29 is 18.0 Å². The van der Waals surface area contributed by atoms with Crippen LogP contribution in [-0.2, 0) is 11.0 Å². The third kappa shape index (κ3) is 3.38. The van der Waals surface area contributed by atoms with Gasteiger partial charge in [0.05, 0.1) is 6.54 Å². The van der Waals surface area contributed by atoms with E-state index in [0.717, 1.165) is 6.07 Å². The van der Waals surface area contributed by atoms with E-state index in [0.29, 0.717) is 18.7 Å². The van der Waals surface area contributed by atoms with E-state index in [1.165, 1.54) is 29.4 Å². The number of carbonyl (C=O) groups excluding carboxylic acids is 1. The number of aromatic nitrogens is 3. The van der Waals surface area contributed by atoms with E-state index in [2.05, 4.69) is 20.3 Å². The van der Waals surface area contributed by atoms with Crippen molar-refractivity contribution in [3.05, 3.63) is 36.3 Å². The maximum Gasteiger partial charge on any atom is 0.433 e. The number of hydrogen-bond donors (Lipinski definition) is 1. The molecule has 1 aliphatic rings. The van der Waals surface area contributed by atoms with Gasteiger partial charge in [-0.05, 0) is 12.1 Å². The predicted octanol–water partition coefficient (Wildman–Crippen LogP) is 1.49. The molecule has 1 fully saturated rings. The molecule has 1 N–H and O–H groups in total. The monoisotopic (exact) mass is 323 g/mol. The van der Waals surface area contributed by atoms with Crippen LogP contribution in [0.2, 0.25) is 0 Å². The van der Waals surface area contributed by atoms with Crippen molar-refractivity contribution in [1.82, 2.24) is 20.3 Å². The molecule has 0 unspecified atom stereocenters. The number of anilines is 1. The van der Waals surface area contributed by atoms with Crippen molar-refractivity contribution >= 4 is 11.7 Å². The fourth-order valence-corrected chi connectivity index (χ4v) is 2.21. The molecule has 1 amide bonds. The van der Waals surface area contributed by atoms with Crippen LogP contribution in [0, 0.1) is 0 Å². The number of carbonyl (C=O) groups is 1. The summed E-state index contributed by atoms with van der Waals surface area (Å²) in [5, 5.41) is 2.62. The van der Waals surface area contributed by atoms with Gasteiger partial charge in [0.1, 0.15) is 5.82 Å². The van der Waals surface area contributed by atoms with Crippen molar-refractivity contribution in [1.29, 1.82) is 0 Å². The molecule has 120 valence electrons. The molecule has 0 saturated carbocycles. The highest BCUT2D eigenvalue weighted by atomic mass is 19.4. The minimum absolute atomic E-state index is 0.0376. The van der Waals surface area contributed by atoms with E-state index >= 15 is 0 Å². The van der Waals surface area contributed by atoms with Gasteiger partial charge in [-0.1, -0.05) is 0 Å². The van der Waals surface area contributed by atoms with Crippen molar-refractivity contribution in [3.63, 3.8) is 0 Å². The Kier molecular flexibility index (Phi) is 3.85. The van der Waals surface area contributed by atoms with Crippen LogP contribution < -0.4 is 10.2 Å². The zero-order chi connectivity index (χ0) is 16.4. The smallest absolute Gasteiger partial charge is 0.353 e. The van der Waals surface area contributed by atoms with Gasteiger partial charge in [0.2, 0.25) is 5.91 Å². The van der Waals surface area contributed by atoms with E-state index in [1.807, 2.05) is 0 Å². The Morgan fingerprint density at radius 2 is 1.91 bits per heavy atom. The summed E-state index contributed by atoms with van der Waals surface area (Å²) in [6.45, 7) is 0.703. The average Bonchev–Trinajstić information content (AvgIpc) is 2.54. The molecular weight excluding hydrogens is 311 g/mol. The van der Waals surface area contributed by atoms with Crippen LogP contribution in [0.5, 0.6) is 0 Å². The third-order valence-electron chi connectivity index (χ3n) is 3.30. The molecule has 0 bridgehead atoms. The lowest BCUT2D eigenvalue weighted by Crippen LogP contribution is -2.48. The summed E-state index contributed by atoms with van der Waals surface area (Å²) in [5.41, 5.74) is -0.617. The summed E-state index contributed by atoms with van der Waals surface area (Å²) in [6, 6.07) is 3.92. The highest BCUT2D eigenvalue weighted by molar-refractivity contribution is 5.82. The third-order valence-corrected chi connectivity index (χ3v) is 3.30. The molecule has 0 atom stereocenters. The van der Waals surface area contributed by atoms with Crippen LogP contribution in [0.4, 0.5) is 19.0 Å². The normalized spacial score (nSPS) is 15.4. The topological polar surface area (TPSA) is 71.0 Å². The Labute approximate surface area is 129 Å². The van der Waals surface area contributed by atoms with Crippen LogP contribution in [0.3, 0.4) is 0 Å². The molecule has 0 radical (unpaired) electrons. The summed E-state index contributed by atoms with van der Waals surface area (Å²) in [6.07, 6.45) is -1.70. The highest BCUT2D eigenvalue weighted by Gasteiger charge is 2.34. The lowest BCUT2D eigenvalue weighted by atomic mass is 10.2. The second-order valence-electron chi connectivity index (χ2n) is 4.94. The van der Waals surface area contributed by atoms with Gasteiger partial charge in [-0.15, -0.1) is 0 Å². The summed E-state index contributed by atoms with van der Waals surface area (Å²) in [7, 11) is 0. The summed E-state index contributed by atoms with van der Waals surface area (Å²) < 4.78 is 39.3. The second-order valence-corrected chi connectivity index (χ2v) is 4.94. The number of amides is 1. The fourth-order valence-electron chi connectivity index (χ4n) is 2.21. The van der Waals surface area contributed by atoms with Gasteiger partial charge in [0.25, 0.3) is 0 Å². The first-order valence-corrected chi connectivity index (χ1v) is 6.82. The number of pyridine rings is 1. The van der Waals surface area contributed by atoms with E-state index in [9.17, 15) is 18.0 Å². The largest absolute Gasteiger partial charge is 0.433 e. The van der Waals surface area contributed by atoms with E-state index in [4.69, 9.17) is 0 Å². The molecule has 9 heteroatoms. The molecule has 6 nitrogen and oxygen atoms in total. The maximum atomic E-state index is 13.1. The zero-order valence-electron chi connectivity index (χ0n) is 11.8. The average molecular weight is 323 g/mol. The fraction of sp³-hybridized carbons (Fsp3) is 0.286. The van der Waals surface area contributed by atoms with Crippen molar-refractivity contribution in [3.8, 4) is 11.4 Å². The van der Waals surface area contributed by atoms with Gasteiger partial charge >= 0.3 is 6.18 Å². The number of rotatable bonds is 2. The summed E-state index contributed by atoms with van der Waals surface area (Å²) >= 11 is 0. The molecule has 2 aromatic rings. The molecular formula is C14H12F3N5O. The molecule has 1 aliphatic heterocycles. The van der Waals surface area contributed by atoms with E-state index in [1.54, 1.807) is 0 Å². The number of nitrogens with zero attached hydrogens (tertiary/aromatic N) is 4. The lowest BCUT2D eigenvalue weighted by molar-refractivity contribution is -0.141. The summed E-state index contributed by atoms with van der Waals surface area (Å²) in [5.74, 6) is -0.230. The van der Waals surface area contributed by atoms with Gasteiger partial charge in [-0.25, -0.2) is 9.97 Å². The number of hydrogen-bond acceptors (Lipinski definition) is 5. The van der Waals surface area contributed by atoms with Crippen LogP contribution in [0.25, 0.3) is 11.4 Å². The second kappa shape index (κ2) is 5.82. The van der Waals surface area contributed by atoms with Crippen molar-refractivity contribution in [2.45, 2.75) is 6.18 Å². The number of alkyl halides is 3. The first kappa shape index (κ1) is 15.2. The molecule has 0 aromatic carbocycles. The molecule has 0 spiro atoms. The quantitative estimate of drug-likeness (QED) is 0.907. The Morgan fingerprint density at radius 3 is 2.57 bits per heavy atom. The molecule has 1 saturated heterocycles. The standard InChI is InChI=1S/C14H12F3N5O/c15-14(16,17)10-7-11(22-6-5-19-12(23)8-22)21-13(20-10)9-1-3-18-4-2-9/h1-4,7H,5-6,8H2,(H,19,23). The Morgan fingerprint density at radius 1 is 1.17 bits per heavy atom. The Hall–Kier alpha value is -2.71. The van der Waals surface area contributed by atoms with Gasteiger partial charge in [0, 0.05) is 37.1 Å². The van der Waals surface area contributed by atoms with Crippen molar-refractivity contribution in [2.75, 3.05) is 24.5 Å². The first-order valence-electron chi connectivity index (χ1n) is 6.82. The molecule has 0 aliphatic carbocycles. The van der Waals surface area contributed by atoms with Gasteiger partial charge in [-0.3, -0.25) is 9.78 Å². The van der Waals surface area contributed by atoms with Gasteiger partial charge in [0.15, 0.2) is 11.5 Å². The number of piperazine rings is 1. The van der Waals surface area contributed by atoms with E-state index in [-0.39, 0.29) is 24.1 Å². The number of halogens is 3. The molecule has 3 heterocycles. The minimum atomic E-state index is -4.60. The van der Waals surface area contributed by atoms with Crippen LogP contribution in [-0.4, -0.2) is 40.5 Å². The highest BCUT2D eigenvalue weighted by Crippen LogP contribution is 2.31. The van der Waals surface area contributed by atoms with Crippen LogP contribution >= 0.6 is 0 Å². The van der Waals surface area contributed by atoms with Gasteiger partial charge < -0.3 is 10.2 Å². The van der Waals surface area contributed by atoms with Crippen LogP contribution in [0.1, 0.15) is 5.69 Å². The van der Waals surface area contributed by atoms with Crippen molar-refractivity contribution in [2.24, 2.45) is 0 Å². The molecule has 3 rings (SSSR count). The summed E-state index contributed by atoms with van der Waals surface area (Å²) in [4.78, 5) is 24.6. The van der Waals surface area contributed by atoms with E-state index < -0.39 is 11.9 Å². The molecule has 23 heavy (non-hydrogen) atoms. The Bertz CT molecular complexity index is 720. The number of nitrogens with one attached hydrogen (secondary N) is 1. The zero-order valence-corrected chi connectivity index (χ0v) is 11.8. The van der Waals surface area contributed by atoms with Crippen LogP contribution in [0.15, 0.2) is 30.6 Å². The predicted molar refractivity (Wildman–Crippen MR) is 75.5 cm³/mol. The first-order chi connectivity index (χ1) is 10.9. The molecule has 2 aromatic heterocycles. The SMILES string of the molecule is O=C1CN(c2cc(C(F)(F)F)nc(-c3ccncc3)n2)CCN1. The Balaban J connectivity index is 2.07. The minimum Gasteiger partial charge on any atom is -0.353 e. The maximum absolute atomic E-state index is 13.1. The lowest BCUT2D eigenvalue weighted by Gasteiger charge is -2.28.